The number of carbonyl (C=O) groups is 1. The lowest BCUT2D eigenvalue weighted by molar-refractivity contribution is 0.102. The minimum absolute atomic E-state index is 0.0147. The molecule has 2 aromatic rings. The molecule has 0 saturated carbocycles. The van der Waals surface area contributed by atoms with Crippen LogP contribution in [-0.4, -0.2) is 5.91 Å². The molecule has 0 unspecified atom stereocenters. The number of hydrogen-bond donors (Lipinski definition) is 1. The van der Waals surface area contributed by atoms with Gasteiger partial charge in [-0.2, -0.15) is 0 Å². The number of carbonyl (C=O) groups excluding carboxylic acids is 1. The Kier molecular flexibility index (Phi) is 4.37. The maximum absolute atomic E-state index is 13.7. The summed E-state index contributed by atoms with van der Waals surface area (Å²) in [5, 5.41) is 2.68. The van der Waals surface area contributed by atoms with Gasteiger partial charge < -0.3 is 5.32 Å². The van der Waals surface area contributed by atoms with Gasteiger partial charge in [0.05, 0.1) is 5.56 Å². The lowest BCUT2D eigenvalue weighted by atomic mass is 10.2. The van der Waals surface area contributed by atoms with Gasteiger partial charge >= 0.3 is 0 Å². The maximum atomic E-state index is 13.7. The number of anilines is 1. The molecule has 19 heavy (non-hydrogen) atoms. The fraction of sp³-hybridized carbons (Fsp3) is 0.0714. The van der Waals surface area contributed by atoms with Gasteiger partial charge in [-0.3, -0.25) is 4.79 Å². The minimum Gasteiger partial charge on any atom is -0.322 e. The third kappa shape index (κ3) is 3.64. The Morgan fingerprint density at radius 2 is 1.84 bits per heavy atom. The molecule has 0 aliphatic rings. The van der Waals surface area contributed by atoms with Crippen molar-refractivity contribution in [1.29, 1.82) is 0 Å². The first-order valence-electron chi connectivity index (χ1n) is 5.49. The van der Waals surface area contributed by atoms with Crippen LogP contribution in [0.4, 0.5) is 10.1 Å². The zero-order chi connectivity index (χ0) is 14.0. The Bertz CT molecular complexity index is 623. The van der Waals surface area contributed by atoms with Crippen LogP contribution in [0, 0.1) is 12.7 Å². The van der Waals surface area contributed by atoms with E-state index in [-0.39, 0.29) is 5.56 Å². The fourth-order valence-corrected chi connectivity index (χ4v) is 2.62. The highest BCUT2D eigenvalue weighted by atomic mass is 79.9. The number of halogens is 3. The standard InChI is InChI=1S/C14H10Br2FNO/c1-8-4-10(16)6-11(5-8)18-14(19)12-3-2-9(15)7-13(12)17/h2-7H,1H3,(H,18,19). The Balaban J connectivity index is 2.25. The molecule has 1 N–H and O–H groups in total. The van der Waals surface area contributed by atoms with Crippen LogP contribution in [0.15, 0.2) is 45.3 Å². The Labute approximate surface area is 127 Å². The van der Waals surface area contributed by atoms with Crippen LogP contribution in [0.3, 0.4) is 0 Å². The average molecular weight is 387 g/mol. The summed E-state index contributed by atoms with van der Waals surface area (Å²) in [6.45, 7) is 1.92. The Morgan fingerprint density at radius 1 is 1.11 bits per heavy atom. The van der Waals surface area contributed by atoms with E-state index < -0.39 is 11.7 Å². The van der Waals surface area contributed by atoms with Gasteiger partial charge in [0.15, 0.2) is 0 Å². The van der Waals surface area contributed by atoms with Gasteiger partial charge in [-0.1, -0.05) is 31.9 Å². The van der Waals surface area contributed by atoms with Crippen molar-refractivity contribution in [2.24, 2.45) is 0 Å². The second-order valence-electron chi connectivity index (χ2n) is 4.10. The van der Waals surface area contributed by atoms with E-state index in [4.69, 9.17) is 0 Å². The highest BCUT2D eigenvalue weighted by Crippen LogP contribution is 2.21. The summed E-state index contributed by atoms with van der Waals surface area (Å²) in [4.78, 5) is 12.0. The molecule has 2 aromatic carbocycles. The van der Waals surface area contributed by atoms with Crippen molar-refractivity contribution in [3.05, 3.63) is 62.3 Å². The van der Waals surface area contributed by atoms with E-state index >= 15 is 0 Å². The number of hydrogen-bond acceptors (Lipinski definition) is 1. The lowest BCUT2D eigenvalue weighted by Crippen LogP contribution is -2.13. The molecule has 0 saturated heterocycles. The topological polar surface area (TPSA) is 29.1 Å². The molecule has 0 heterocycles. The molecule has 98 valence electrons. The summed E-state index contributed by atoms with van der Waals surface area (Å²) < 4.78 is 15.1. The van der Waals surface area contributed by atoms with Crippen LogP contribution in [0.2, 0.25) is 0 Å². The summed E-state index contributed by atoms with van der Waals surface area (Å²) in [5.74, 6) is -1.03. The molecule has 0 aliphatic heterocycles. The number of amides is 1. The van der Waals surface area contributed by atoms with Crippen molar-refractivity contribution in [3.8, 4) is 0 Å². The highest BCUT2D eigenvalue weighted by molar-refractivity contribution is 9.10. The smallest absolute Gasteiger partial charge is 0.258 e. The van der Waals surface area contributed by atoms with E-state index in [1.54, 1.807) is 12.1 Å². The number of nitrogens with one attached hydrogen (secondary N) is 1. The van der Waals surface area contributed by atoms with Crippen molar-refractivity contribution >= 4 is 43.5 Å². The summed E-state index contributed by atoms with van der Waals surface area (Å²) in [6.07, 6.45) is 0. The van der Waals surface area contributed by atoms with Gasteiger partial charge in [0.25, 0.3) is 5.91 Å². The first kappa shape index (κ1) is 14.2. The molecule has 2 rings (SSSR count). The molecule has 0 aromatic heterocycles. The molecule has 0 bridgehead atoms. The van der Waals surface area contributed by atoms with Crippen LogP contribution in [0.25, 0.3) is 0 Å². The van der Waals surface area contributed by atoms with Crippen molar-refractivity contribution in [1.82, 2.24) is 0 Å². The van der Waals surface area contributed by atoms with E-state index in [2.05, 4.69) is 37.2 Å². The minimum atomic E-state index is -0.557. The largest absolute Gasteiger partial charge is 0.322 e. The average Bonchev–Trinajstić information content (AvgIpc) is 2.26. The number of benzene rings is 2. The SMILES string of the molecule is Cc1cc(Br)cc(NC(=O)c2ccc(Br)cc2F)c1. The monoisotopic (exact) mass is 385 g/mol. The first-order valence-corrected chi connectivity index (χ1v) is 7.08. The third-order valence-electron chi connectivity index (χ3n) is 2.48. The molecular formula is C14H10Br2FNO. The normalized spacial score (nSPS) is 10.3. The Hall–Kier alpha value is -1.20. The molecule has 1 amide bonds. The van der Waals surface area contributed by atoms with Gasteiger partial charge in [0, 0.05) is 14.6 Å². The summed E-state index contributed by atoms with van der Waals surface area (Å²) in [5.41, 5.74) is 1.64. The van der Waals surface area contributed by atoms with Crippen LogP contribution < -0.4 is 5.32 Å². The van der Waals surface area contributed by atoms with Crippen LogP contribution in [0.5, 0.6) is 0 Å². The molecule has 0 aliphatic carbocycles. The second kappa shape index (κ2) is 5.84. The van der Waals surface area contributed by atoms with Crippen LogP contribution in [0.1, 0.15) is 15.9 Å². The van der Waals surface area contributed by atoms with E-state index in [0.29, 0.717) is 10.2 Å². The number of rotatable bonds is 2. The zero-order valence-corrected chi connectivity index (χ0v) is 13.2. The summed E-state index contributed by atoms with van der Waals surface area (Å²) in [7, 11) is 0. The summed E-state index contributed by atoms with van der Waals surface area (Å²) >= 11 is 6.50. The molecule has 0 fully saturated rings. The van der Waals surface area contributed by atoms with E-state index in [1.165, 1.54) is 12.1 Å². The predicted octanol–water partition coefficient (Wildman–Crippen LogP) is 4.91. The Morgan fingerprint density at radius 3 is 2.47 bits per heavy atom. The fourth-order valence-electron chi connectivity index (χ4n) is 1.68. The van der Waals surface area contributed by atoms with Gasteiger partial charge in [0.2, 0.25) is 0 Å². The van der Waals surface area contributed by atoms with Crippen molar-refractivity contribution in [2.45, 2.75) is 6.92 Å². The van der Waals surface area contributed by atoms with Gasteiger partial charge in [-0.15, -0.1) is 0 Å². The summed E-state index contributed by atoms with van der Waals surface area (Å²) in [6, 6.07) is 9.85. The molecule has 5 heteroatoms. The van der Waals surface area contributed by atoms with Crippen LogP contribution >= 0.6 is 31.9 Å². The van der Waals surface area contributed by atoms with Crippen molar-refractivity contribution in [3.63, 3.8) is 0 Å². The van der Waals surface area contributed by atoms with E-state index in [0.717, 1.165) is 10.0 Å². The second-order valence-corrected chi connectivity index (χ2v) is 5.93. The molecule has 2 nitrogen and oxygen atoms in total. The quantitative estimate of drug-likeness (QED) is 0.780. The van der Waals surface area contributed by atoms with E-state index in [9.17, 15) is 9.18 Å². The van der Waals surface area contributed by atoms with Gasteiger partial charge in [-0.05, 0) is 48.9 Å². The zero-order valence-electron chi connectivity index (χ0n) is 10.0. The molecule has 0 spiro atoms. The van der Waals surface area contributed by atoms with Crippen molar-refractivity contribution in [2.75, 3.05) is 5.32 Å². The van der Waals surface area contributed by atoms with Gasteiger partial charge in [-0.25, -0.2) is 4.39 Å². The maximum Gasteiger partial charge on any atom is 0.258 e. The van der Waals surface area contributed by atoms with E-state index in [1.807, 2.05) is 19.1 Å². The molecule has 0 radical (unpaired) electrons. The van der Waals surface area contributed by atoms with Gasteiger partial charge in [0.1, 0.15) is 5.82 Å². The predicted molar refractivity (Wildman–Crippen MR) is 80.9 cm³/mol. The third-order valence-corrected chi connectivity index (χ3v) is 3.43. The highest BCUT2D eigenvalue weighted by Gasteiger charge is 2.12. The first-order chi connectivity index (χ1) is 8.95. The number of aryl methyl sites for hydroxylation is 1. The van der Waals surface area contributed by atoms with Crippen LogP contribution in [-0.2, 0) is 0 Å². The molecule has 0 atom stereocenters. The van der Waals surface area contributed by atoms with Crippen molar-refractivity contribution < 1.29 is 9.18 Å². The lowest BCUT2D eigenvalue weighted by Gasteiger charge is -2.08. The molecular weight excluding hydrogens is 377 g/mol.